The summed E-state index contributed by atoms with van der Waals surface area (Å²) in [5, 5.41) is 10.6. The zero-order valence-electron chi connectivity index (χ0n) is 60.4. The molecule has 0 rings (SSSR count). The van der Waals surface area contributed by atoms with Crippen LogP contribution < -0.4 is 0 Å². The fourth-order valence-electron chi connectivity index (χ4n) is 11.4. The summed E-state index contributed by atoms with van der Waals surface area (Å²) in [5.41, 5.74) is 0. The number of hydrogen-bond donors (Lipinski definition) is 3. The zero-order valence-corrected chi connectivity index (χ0v) is 62.2. The molecule has 3 N–H and O–H groups in total. The monoisotopic (exact) mass is 1370 g/mol. The minimum atomic E-state index is -4.95. The quantitative estimate of drug-likeness (QED) is 0.0222. The minimum Gasteiger partial charge on any atom is -0.462 e. The van der Waals surface area contributed by atoms with E-state index in [4.69, 9.17) is 37.0 Å². The molecule has 0 aromatic heterocycles. The number of ether oxygens (including phenoxy) is 4. The van der Waals surface area contributed by atoms with Crippen molar-refractivity contribution in [2.75, 3.05) is 39.6 Å². The average Bonchev–Trinajstić information content (AvgIpc) is 2.64. The molecular formula is C74H144O17P2. The molecule has 0 saturated carbocycles. The summed E-state index contributed by atoms with van der Waals surface area (Å²) in [4.78, 5) is 72.5. The van der Waals surface area contributed by atoms with Gasteiger partial charge in [-0.2, -0.15) is 0 Å². The van der Waals surface area contributed by atoms with E-state index in [-0.39, 0.29) is 25.7 Å². The predicted molar refractivity (Wildman–Crippen MR) is 377 cm³/mol. The fourth-order valence-corrected chi connectivity index (χ4v) is 12.9. The third kappa shape index (κ3) is 68.4. The summed E-state index contributed by atoms with van der Waals surface area (Å²) < 4.78 is 68.3. The van der Waals surface area contributed by atoms with Gasteiger partial charge in [-0.25, -0.2) is 9.13 Å². The van der Waals surface area contributed by atoms with Gasteiger partial charge in [0.15, 0.2) is 12.2 Å². The van der Waals surface area contributed by atoms with Gasteiger partial charge in [-0.3, -0.25) is 37.3 Å². The van der Waals surface area contributed by atoms with Gasteiger partial charge in [0.25, 0.3) is 0 Å². The highest BCUT2D eigenvalue weighted by Crippen LogP contribution is 2.45. The lowest BCUT2D eigenvalue weighted by Gasteiger charge is -2.21. The Morgan fingerprint density at radius 3 is 0.731 bits per heavy atom. The van der Waals surface area contributed by atoms with Crippen molar-refractivity contribution in [3.05, 3.63) is 0 Å². The van der Waals surface area contributed by atoms with Crippen LogP contribution in [-0.4, -0.2) is 96.7 Å². The van der Waals surface area contributed by atoms with E-state index in [1.165, 1.54) is 205 Å². The van der Waals surface area contributed by atoms with E-state index in [2.05, 4.69) is 34.6 Å². The van der Waals surface area contributed by atoms with Crippen molar-refractivity contribution in [3.63, 3.8) is 0 Å². The number of unbranched alkanes of at least 4 members (excludes halogenated alkanes) is 46. The molecule has 0 aromatic rings. The smallest absolute Gasteiger partial charge is 0.462 e. The van der Waals surface area contributed by atoms with Crippen LogP contribution in [-0.2, 0) is 65.4 Å². The molecule has 0 aliphatic rings. The molecule has 17 nitrogen and oxygen atoms in total. The fraction of sp³-hybridized carbons (Fsp3) is 0.946. The normalized spacial score (nSPS) is 14.0. The summed E-state index contributed by atoms with van der Waals surface area (Å²) in [7, 11) is -9.90. The highest BCUT2D eigenvalue weighted by atomic mass is 31.2. The number of aliphatic hydroxyl groups is 1. The Morgan fingerprint density at radius 2 is 0.495 bits per heavy atom. The van der Waals surface area contributed by atoms with Gasteiger partial charge in [0.2, 0.25) is 0 Å². The van der Waals surface area contributed by atoms with Crippen LogP contribution in [0, 0.1) is 5.92 Å². The standard InChI is InChI=1S/C74H144O17P2/c1-6-9-12-15-18-21-23-24-25-26-27-28-29-30-31-32-33-34-40-45-50-55-60-74(79)91-70(64-85-72(77)58-53-48-43-39-36-35-37-41-46-51-56-67(4)5)66-89-93(82,83)87-62-68(75)61-86-92(80,81)88-65-69(63-84-71(76)57-52-47-42-20-17-14-11-8-3)90-73(78)59-54-49-44-38-22-19-16-13-10-7-2/h67-70,75H,6-66H2,1-5H3,(H,80,81)(H,82,83)/t68-,69+,70+/m0/s1. The van der Waals surface area contributed by atoms with Gasteiger partial charge in [0, 0.05) is 25.7 Å². The van der Waals surface area contributed by atoms with Crippen molar-refractivity contribution in [2.45, 2.75) is 406 Å². The number of hydrogen-bond acceptors (Lipinski definition) is 15. The van der Waals surface area contributed by atoms with E-state index in [1.54, 1.807) is 0 Å². The number of phosphoric acid groups is 2. The third-order valence-electron chi connectivity index (χ3n) is 17.3. The molecule has 0 fully saturated rings. The first kappa shape index (κ1) is 91.1. The minimum absolute atomic E-state index is 0.106. The van der Waals surface area contributed by atoms with Crippen LogP contribution in [0.2, 0.25) is 0 Å². The van der Waals surface area contributed by atoms with Crippen LogP contribution in [0.25, 0.3) is 0 Å². The Labute approximate surface area is 568 Å². The van der Waals surface area contributed by atoms with Crippen LogP contribution >= 0.6 is 15.6 Å². The molecule has 19 heteroatoms. The lowest BCUT2D eigenvalue weighted by atomic mass is 10.0. The zero-order chi connectivity index (χ0) is 68.4. The summed E-state index contributed by atoms with van der Waals surface area (Å²) in [5.74, 6) is -1.36. The van der Waals surface area contributed by atoms with Gasteiger partial charge < -0.3 is 33.8 Å². The molecule has 0 aromatic carbocycles. The Hall–Kier alpha value is -1.94. The first-order valence-corrected chi connectivity index (χ1v) is 41.6. The average molecular weight is 1370 g/mol. The SMILES string of the molecule is CCCCCCCCCCCCCCCCCCCCCCCCC(=O)O[C@H](COC(=O)CCCCCCCCCCCCC(C)C)COP(=O)(O)OC[C@@H](O)COP(=O)(O)OC[C@@H](COC(=O)CCCCCCCCCC)OC(=O)CCCCCCCCCCCC. The van der Waals surface area contributed by atoms with Crippen molar-refractivity contribution in [3.8, 4) is 0 Å². The number of carbonyl (C=O) groups excluding carboxylic acids is 4. The highest BCUT2D eigenvalue weighted by Gasteiger charge is 2.30. The molecule has 5 atom stereocenters. The van der Waals surface area contributed by atoms with Crippen molar-refractivity contribution >= 4 is 39.5 Å². The lowest BCUT2D eigenvalue weighted by molar-refractivity contribution is -0.161. The summed E-state index contributed by atoms with van der Waals surface area (Å²) in [6.45, 7) is 7.23. The van der Waals surface area contributed by atoms with E-state index in [0.717, 1.165) is 102 Å². The van der Waals surface area contributed by atoms with Gasteiger partial charge >= 0.3 is 39.5 Å². The molecule has 0 radical (unpaired) electrons. The first-order valence-electron chi connectivity index (χ1n) is 38.6. The van der Waals surface area contributed by atoms with Crippen LogP contribution in [0.4, 0.5) is 0 Å². The Balaban J connectivity index is 5.14. The molecule has 0 heterocycles. The number of esters is 4. The Kier molecular flexibility index (Phi) is 65.9. The summed E-state index contributed by atoms with van der Waals surface area (Å²) in [6.07, 6.45) is 55.7. The molecular weight excluding hydrogens is 1220 g/mol. The molecule has 0 saturated heterocycles. The number of phosphoric ester groups is 2. The largest absolute Gasteiger partial charge is 0.472 e. The Morgan fingerprint density at radius 1 is 0.290 bits per heavy atom. The number of aliphatic hydroxyl groups excluding tert-OH is 1. The molecule has 0 spiro atoms. The van der Waals surface area contributed by atoms with Crippen molar-refractivity contribution in [2.24, 2.45) is 5.92 Å². The van der Waals surface area contributed by atoms with Crippen molar-refractivity contribution in [1.82, 2.24) is 0 Å². The molecule has 0 bridgehead atoms. The van der Waals surface area contributed by atoms with Crippen LogP contribution in [0.3, 0.4) is 0 Å². The van der Waals surface area contributed by atoms with E-state index in [1.807, 2.05) is 0 Å². The van der Waals surface area contributed by atoms with E-state index in [9.17, 15) is 43.2 Å². The third-order valence-corrected chi connectivity index (χ3v) is 19.2. The topological polar surface area (TPSA) is 237 Å². The number of carbonyl (C=O) groups is 4. The highest BCUT2D eigenvalue weighted by molar-refractivity contribution is 7.47. The maximum absolute atomic E-state index is 13.1. The van der Waals surface area contributed by atoms with Crippen molar-refractivity contribution in [1.29, 1.82) is 0 Å². The van der Waals surface area contributed by atoms with Crippen LogP contribution in [0.15, 0.2) is 0 Å². The van der Waals surface area contributed by atoms with Gasteiger partial charge in [-0.15, -0.1) is 0 Å². The Bertz CT molecular complexity index is 1790. The van der Waals surface area contributed by atoms with E-state index >= 15 is 0 Å². The van der Waals surface area contributed by atoms with E-state index in [0.29, 0.717) is 25.7 Å². The van der Waals surface area contributed by atoms with E-state index < -0.39 is 97.5 Å². The molecule has 0 amide bonds. The van der Waals surface area contributed by atoms with Gasteiger partial charge in [-0.1, -0.05) is 336 Å². The molecule has 0 aliphatic carbocycles. The van der Waals surface area contributed by atoms with Crippen LogP contribution in [0.5, 0.6) is 0 Å². The maximum Gasteiger partial charge on any atom is 0.472 e. The van der Waals surface area contributed by atoms with Gasteiger partial charge in [0.05, 0.1) is 26.4 Å². The first-order chi connectivity index (χ1) is 45.0. The molecule has 0 aliphatic heterocycles. The van der Waals surface area contributed by atoms with Crippen LogP contribution in [0.1, 0.15) is 388 Å². The predicted octanol–water partition coefficient (Wildman–Crippen LogP) is 21.7. The maximum atomic E-state index is 13.1. The number of rotatable bonds is 74. The second-order valence-corrected chi connectivity index (χ2v) is 30.1. The lowest BCUT2D eigenvalue weighted by Crippen LogP contribution is -2.30. The molecule has 2 unspecified atom stereocenters. The van der Waals surface area contributed by atoms with Gasteiger partial charge in [0.1, 0.15) is 19.3 Å². The van der Waals surface area contributed by atoms with Crippen molar-refractivity contribution < 1.29 is 80.2 Å². The molecule has 93 heavy (non-hydrogen) atoms. The second kappa shape index (κ2) is 67.3. The second-order valence-electron chi connectivity index (χ2n) is 27.2. The summed E-state index contributed by atoms with van der Waals surface area (Å²) in [6, 6.07) is 0. The molecule has 552 valence electrons. The van der Waals surface area contributed by atoms with Gasteiger partial charge in [-0.05, 0) is 31.6 Å². The summed E-state index contributed by atoms with van der Waals surface area (Å²) >= 11 is 0.